The first-order valence-corrected chi connectivity index (χ1v) is 17.1. The molecule has 0 aliphatic heterocycles. The second-order valence-corrected chi connectivity index (χ2v) is 11.3. The van der Waals surface area contributed by atoms with E-state index in [1.165, 1.54) is 12.8 Å². The number of unbranched alkanes of at least 4 members (excludes halogenated alkanes) is 14. The molecule has 0 amide bonds. The summed E-state index contributed by atoms with van der Waals surface area (Å²) in [6, 6.07) is 0. The van der Waals surface area contributed by atoms with Gasteiger partial charge in [0, 0.05) is 0 Å². The van der Waals surface area contributed by atoms with Crippen molar-refractivity contribution in [2.24, 2.45) is 11.8 Å². The molecule has 0 N–H and O–H groups in total. The molecule has 0 rings (SSSR count). The zero-order valence-electron chi connectivity index (χ0n) is 27.4. The number of carbonyl (C=O) groups is 4. The average Bonchev–Trinajstić information content (AvgIpc) is 2.98. The molecule has 0 aliphatic carbocycles. The summed E-state index contributed by atoms with van der Waals surface area (Å²) in [4.78, 5) is 52.1. The van der Waals surface area contributed by atoms with Crippen LogP contribution in [-0.2, 0) is 38.1 Å². The van der Waals surface area contributed by atoms with E-state index >= 15 is 0 Å². The molecule has 0 aromatic rings. The van der Waals surface area contributed by atoms with E-state index < -0.39 is 35.7 Å². The molecule has 0 bridgehead atoms. The molecule has 0 saturated heterocycles. The van der Waals surface area contributed by atoms with Gasteiger partial charge in [-0.05, 0) is 25.7 Å². The maximum atomic E-state index is 13.3. The molecular weight excluding hydrogens is 536 g/mol. The quantitative estimate of drug-likeness (QED) is 0.0481. The van der Waals surface area contributed by atoms with Crippen LogP contribution >= 0.6 is 0 Å². The Bertz CT molecular complexity index is 693. The fourth-order valence-electron chi connectivity index (χ4n) is 4.66. The highest BCUT2D eigenvalue weighted by Gasteiger charge is 2.40. The van der Waals surface area contributed by atoms with Gasteiger partial charge in [0.1, 0.15) is 0 Å². The highest BCUT2D eigenvalue weighted by Crippen LogP contribution is 2.25. The smallest absolute Gasteiger partial charge is 0.310 e. The van der Waals surface area contributed by atoms with Gasteiger partial charge in [-0.3, -0.25) is 19.2 Å². The first-order valence-electron chi connectivity index (χ1n) is 17.1. The SMILES string of the molecule is CCCCCCCCOC(=O)CC(C(=O)OCCCCCCC)C(CC(=O)OCCCCC)C(=O)OCCCCCC. The van der Waals surface area contributed by atoms with Crippen LogP contribution in [0.5, 0.6) is 0 Å². The van der Waals surface area contributed by atoms with E-state index in [4.69, 9.17) is 18.9 Å². The van der Waals surface area contributed by atoms with E-state index in [1.807, 2.05) is 0 Å². The standard InChI is InChI=1S/C34H62O8/c1-5-9-13-16-18-21-24-40-32(36)28-30(34(38)42-26-22-17-14-10-6-2)29(27-31(35)39-23-19-12-8-4)33(37)41-25-20-15-11-7-3/h29-30H,5-28H2,1-4H3. The number of hydrogen-bond acceptors (Lipinski definition) is 8. The van der Waals surface area contributed by atoms with Crippen molar-refractivity contribution in [2.75, 3.05) is 26.4 Å². The van der Waals surface area contributed by atoms with Gasteiger partial charge in [0.25, 0.3) is 0 Å². The van der Waals surface area contributed by atoms with E-state index in [2.05, 4.69) is 27.7 Å². The maximum Gasteiger partial charge on any atom is 0.310 e. The lowest BCUT2D eigenvalue weighted by molar-refractivity contribution is -0.167. The molecule has 0 saturated carbocycles. The lowest BCUT2D eigenvalue weighted by Gasteiger charge is -2.23. The Labute approximate surface area is 256 Å². The van der Waals surface area contributed by atoms with E-state index in [0.717, 1.165) is 89.9 Å². The predicted octanol–water partition coefficient (Wildman–Crippen LogP) is 8.27. The van der Waals surface area contributed by atoms with Gasteiger partial charge in [0.15, 0.2) is 0 Å². The maximum absolute atomic E-state index is 13.3. The fourth-order valence-corrected chi connectivity index (χ4v) is 4.66. The minimum Gasteiger partial charge on any atom is -0.466 e. The van der Waals surface area contributed by atoms with Gasteiger partial charge < -0.3 is 18.9 Å². The molecular formula is C34H62O8. The minimum absolute atomic E-state index is 0.197. The summed E-state index contributed by atoms with van der Waals surface area (Å²) in [6.07, 6.45) is 16.9. The van der Waals surface area contributed by atoms with Crippen molar-refractivity contribution < 1.29 is 38.1 Å². The Morgan fingerprint density at radius 2 is 0.643 bits per heavy atom. The Balaban J connectivity index is 5.46. The molecule has 42 heavy (non-hydrogen) atoms. The fraction of sp³-hybridized carbons (Fsp3) is 0.882. The molecule has 0 spiro atoms. The van der Waals surface area contributed by atoms with E-state index in [-0.39, 0.29) is 39.3 Å². The Morgan fingerprint density at radius 3 is 1.02 bits per heavy atom. The van der Waals surface area contributed by atoms with Gasteiger partial charge in [-0.15, -0.1) is 0 Å². The summed E-state index contributed by atoms with van der Waals surface area (Å²) < 4.78 is 21.9. The highest BCUT2D eigenvalue weighted by atomic mass is 16.6. The first kappa shape index (κ1) is 39.9. The molecule has 8 nitrogen and oxygen atoms in total. The third-order valence-electron chi connectivity index (χ3n) is 7.37. The normalized spacial score (nSPS) is 12.4. The predicted molar refractivity (Wildman–Crippen MR) is 166 cm³/mol. The van der Waals surface area contributed by atoms with Gasteiger partial charge in [0.2, 0.25) is 0 Å². The van der Waals surface area contributed by atoms with Crippen LogP contribution in [0, 0.1) is 11.8 Å². The molecule has 0 aromatic carbocycles. The van der Waals surface area contributed by atoms with E-state index in [9.17, 15) is 19.2 Å². The van der Waals surface area contributed by atoms with Crippen LogP contribution in [0.3, 0.4) is 0 Å². The van der Waals surface area contributed by atoms with Crippen LogP contribution < -0.4 is 0 Å². The van der Waals surface area contributed by atoms with Gasteiger partial charge in [0.05, 0.1) is 51.1 Å². The average molecular weight is 599 g/mol. The summed E-state index contributed by atoms with van der Waals surface area (Å²) in [6.45, 7) is 9.36. The topological polar surface area (TPSA) is 105 Å². The van der Waals surface area contributed by atoms with Crippen LogP contribution in [0.15, 0.2) is 0 Å². The lowest BCUT2D eigenvalue weighted by atomic mass is 9.86. The molecule has 246 valence electrons. The molecule has 0 aliphatic rings. The Kier molecular flexibility index (Phi) is 27.5. The Hall–Kier alpha value is -2.12. The summed E-state index contributed by atoms with van der Waals surface area (Å²) >= 11 is 0. The van der Waals surface area contributed by atoms with Crippen molar-refractivity contribution >= 4 is 23.9 Å². The molecule has 0 fully saturated rings. The number of carbonyl (C=O) groups excluding carboxylic acids is 4. The zero-order valence-corrected chi connectivity index (χ0v) is 27.4. The second kappa shape index (κ2) is 29.0. The molecule has 0 radical (unpaired) electrons. The summed E-state index contributed by atoms with van der Waals surface area (Å²) in [5.41, 5.74) is 0. The lowest BCUT2D eigenvalue weighted by Crippen LogP contribution is -2.36. The summed E-state index contributed by atoms with van der Waals surface area (Å²) in [7, 11) is 0. The number of esters is 4. The first-order chi connectivity index (χ1) is 20.4. The minimum atomic E-state index is -1.18. The van der Waals surface area contributed by atoms with Crippen molar-refractivity contribution in [3.05, 3.63) is 0 Å². The largest absolute Gasteiger partial charge is 0.466 e. The van der Waals surface area contributed by atoms with Crippen molar-refractivity contribution in [1.29, 1.82) is 0 Å². The van der Waals surface area contributed by atoms with Gasteiger partial charge in [-0.2, -0.15) is 0 Å². The highest BCUT2D eigenvalue weighted by molar-refractivity contribution is 5.88. The monoisotopic (exact) mass is 598 g/mol. The van der Waals surface area contributed by atoms with Crippen LogP contribution in [-0.4, -0.2) is 50.3 Å². The molecule has 0 heterocycles. The van der Waals surface area contributed by atoms with E-state index in [0.29, 0.717) is 12.8 Å². The molecule has 0 aromatic heterocycles. The van der Waals surface area contributed by atoms with Crippen LogP contribution in [0.25, 0.3) is 0 Å². The summed E-state index contributed by atoms with van der Waals surface area (Å²) in [5, 5.41) is 0. The number of rotatable bonds is 29. The molecule has 8 heteroatoms. The molecule has 2 unspecified atom stereocenters. The van der Waals surface area contributed by atoms with Gasteiger partial charge >= 0.3 is 23.9 Å². The van der Waals surface area contributed by atoms with Gasteiger partial charge in [-0.25, -0.2) is 0 Å². The van der Waals surface area contributed by atoms with Crippen LogP contribution in [0.4, 0.5) is 0 Å². The Morgan fingerprint density at radius 1 is 0.381 bits per heavy atom. The van der Waals surface area contributed by atoms with E-state index in [1.54, 1.807) is 0 Å². The molecule has 2 atom stereocenters. The number of ether oxygens (including phenoxy) is 4. The van der Waals surface area contributed by atoms with Crippen LogP contribution in [0.2, 0.25) is 0 Å². The third-order valence-corrected chi connectivity index (χ3v) is 7.37. The zero-order chi connectivity index (χ0) is 31.3. The summed E-state index contributed by atoms with van der Waals surface area (Å²) in [5.74, 6) is -4.87. The van der Waals surface area contributed by atoms with Gasteiger partial charge in [-0.1, -0.05) is 118 Å². The second-order valence-electron chi connectivity index (χ2n) is 11.3. The van der Waals surface area contributed by atoms with Crippen molar-refractivity contribution in [1.82, 2.24) is 0 Å². The number of hydrogen-bond donors (Lipinski definition) is 0. The van der Waals surface area contributed by atoms with Crippen molar-refractivity contribution in [2.45, 2.75) is 156 Å². The third kappa shape index (κ3) is 22.5. The van der Waals surface area contributed by atoms with Crippen molar-refractivity contribution in [3.8, 4) is 0 Å². The van der Waals surface area contributed by atoms with Crippen LogP contribution in [0.1, 0.15) is 156 Å². The van der Waals surface area contributed by atoms with Crippen molar-refractivity contribution in [3.63, 3.8) is 0 Å².